The van der Waals surface area contributed by atoms with E-state index in [4.69, 9.17) is 23.2 Å². The summed E-state index contributed by atoms with van der Waals surface area (Å²) >= 11 is 12.3. The topological polar surface area (TPSA) is 12.0 Å². The molecule has 2 atom stereocenters. The van der Waals surface area contributed by atoms with Gasteiger partial charge in [-0.15, -0.1) is 0 Å². The Morgan fingerprint density at radius 3 is 2.50 bits per heavy atom. The fraction of sp³-hybridized carbons (Fsp3) is 0.600. The van der Waals surface area contributed by atoms with E-state index in [0.717, 1.165) is 11.5 Å². The highest BCUT2D eigenvalue weighted by Gasteiger charge is 2.23. The van der Waals surface area contributed by atoms with Gasteiger partial charge in [0.15, 0.2) is 0 Å². The summed E-state index contributed by atoms with van der Waals surface area (Å²) in [5.74, 6) is 0.811. The molecule has 0 amide bonds. The molecule has 0 saturated heterocycles. The van der Waals surface area contributed by atoms with E-state index in [1.54, 1.807) is 0 Å². The lowest BCUT2D eigenvalue weighted by molar-refractivity contribution is 0.352. The maximum Gasteiger partial charge on any atom is 0.0639 e. The van der Waals surface area contributed by atoms with Gasteiger partial charge in [-0.1, -0.05) is 48.2 Å². The fourth-order valence-electron chi connectivity index (χ4n) is 2.93. The first kappa shape index (κ1) is 14.2. The van der Waals surface area contributed by atoms with Gasteiger partial charge in [0.25, 0.3) is 0 Å². The average Bonchev–Trinajstić information content (AvgIpc) is 2.86. The second-order valence-electron chi connectivity index (χ2n) is 5.36. The molecule has 1 aromatic carbocycles. The van der Waals surface area contributed by atoms with E-state index in [-0.39, 0.29) is 6.04 Å². The average molecular weight is 286 g/mol. The van der Waals surface area contributed by atoms with Crippen LogP contribution in [0.2, 0.25) is 10.0 Å². The lowest BCUT2D eigenvalue weighted by Crippen LogP contribution is -2.34. The standard InChI is InChI=1S/C15H21Cl2N/c1-10(12-6-3-4-7-12)18-11(2)13-8-5-9-14(16)15(13)17/h5,8-12,18H,3-4,6-7H2,1-2H3/t10-,11?/m0/s1. The van der Waals surface area contributed by atoms with Crippen molar-refractivity contribution in [2.24, 2.45) is 5.92 Å². The Morgan fingerprint density at radius 1 is 1.17 bits per heavy atom. The lowest BCUT2D eigenvalue weighted by atomic mass is 9.98. The van der Waals surface area contributed by atoms with Crippen LogP contribution in [0.15, 0.2) is 18.2 Å². The van der Waals surface area contributed by atoms with E-state index in [0.29, 0.717) is 16.1 Å². The predicted octanol–water partition coefficient (Wildman–Crippen LogP) is 5.22. The maximum absolute atomic E-state index is 6.26. The van der Waals surface area contributed by atoms with Crippen molar-refractivity contribution in [3.05, 3.63) is 33.8 Å². The largest absolute Gasteiger partial charge is 0.307 e. The van der Waals surface area contributed by atoms with Crippen LogP contribution in [-0.2, 0) is 0 Å². The summed E-state index contributed by atoms with van der Waals surface area (Å²) in [7, 11) is 0. The molecule has 0 radical (unpaired) electrons. The summed E-state index contributed by atoms with van der Waals surface area (Å²) in [6.07, 6.45) is 5.46. The molecular weight excluding hydrogens is 265 g/mol. The molecular formula is C15H21Cl2N. The molecule has 1 unspecified atom stereocenters. The predicted molar refractivity (Wildman–Crippen MR) is 79.4 cm³/mol. The van der Waals surface area contributed by atoms with Crippen LogP contribution in [0.25, 0.3) is 0 Å². The second-order valence-corrected chi connectivity index (χ2v) is 6.15. The third-order valence-electron chi connectivity index (χ3n) is 4.07. The smallest absolute Gasteiger partial charge is 0.0639 e. The van der Waals surface area contributed by atoms with Crippen LogP contribution in [0.4, 0.5) is 0 Å². The van der Waals surface area contributed by atoms with E-state index in [1.807, 2.05) is 18.2 Å². The number of nitrogens with one attached hydrogen (secondary N) is 1. The number of hydrogen-bond donors (Lipinski definition) is 1. The highest BCUT2D eigenvalue weighted by atomic mass is 35.5. The Balaban J connectivity index is 2.02. The molecule has 0 spiro atoms. The summed E-state index contributed by atoms with van der Waals surface area (Å²) in [6.45, 7) is 4.44. The van der Waals surface area contributed by atoms with Gasteiger partial charge in [-0.2, -0.15) is 0 Å². The minimum absolute atomic E-state index is 0.242. The lowest BCUT2D eigenvalue weighted by Gasteiger charge is -2.25. The first-order chi connectivity index (χ1) is 8.59. The zero-order valence-electron chi connectivity index (χ0n) is 11.0. The Hall–Kier alpha value is -0.240. The molecule has 0 aliphatic heterocycles. The van der Waals surface area contributed by atoms with E-state index in [9.17, 15) is 0 Å². The first-order valence-electron chi connectivity index (χ1n) is 6.79. The number of halogens is 2. The van der Waals surface area contributed by atoms with Gasteiger partial charge < -0.3 is 5.32 Å². The van der Waals surface area contributed by atoms with E-state index in [1.165, 1.54) is 25.7 Å². The molecule has 0 aromatic heterocycles. The number of benzene rings is 1. The van der Waals surface area contributed by atoms with Crippen molar-refractivity contribution in [3.63, 3.8) is 0 Å². The monoisotopic (exact) mass is 285 g/mol. The van der Waals surface area contributed by atoms with E-state index in [2.05, 4.69) is 19.2 Å². The Morgan fingerprint density at radius 2 is 1.83 bits per heavy atom. The molecule has 1 saturated carbocycles. The minimum Gasteiger partial charge on any atom is -0.307 e. The Bertz CT molecular complexity index is 399. The quantitative estimate of drug-likeness (QED) is 0.799. The highest BCUT2D eigenvalue weighted by Crippen LogP contribution is 2.32. The van der Waals surface area contributed by atoms with Crippen molar-refractivity contribution in [1.82, 2.24) is 5.32 Å². The summed E-state index contributed by atoms with van der Waals surface area (Å²) in [6, 6.07) is 6.62. The van der Waals surface area contributed by atoms with Crippen LogP contribution in [0.5, 0.6) is 0 Å². The first-order valence-corrected chi connectivity index (χ1v) is 7.55. The number of hydrogen-bond acceptors (Lipinski definition) is 1. The molecule has 1 nitrogen and oxygen atoms in total. The van der Waals surface area contributed by atoms with E-state index < -0.39 is 0 Å². The van der Waals surface area contributed by atoms with Crippen molar-refractivity contribution in [2.45, 2.75) is 51.6 Å². The van der Waals surface area contributed by atoms with Gasteiger partial charge in [0.05, 0.1) is 10.0 Å². The minimum atomic E-state index is 0.242. The molecule has 1 aliphatic rings. The molecule has 1 fully saturated rings. The summed E-state index contributed by atoms with van der Waals surface area (Å²) in [5.41, 5.74) is 1.09. The molecule has 0 heterocycles. The molecule has 2 rings (SSSR count). The summed E-state index contributed by atoms with van der Waals surface area (Å²) in [4.78, 5) is 0. The SMILES string of the molecule is CC(N[C@@H](C)C1CCCC1)c1cccc(Cl)c1Cl. The van der Waals surface area contributed by atoms with Gasteiger partial charge >= 0.3 is 0 Å². The molecule has 100 valence electrons. The number of rotatable bonds is 4. The normalized spacial score (nSPS) is 20.0. The van der Waals surface area contributed by atoms with Crippen LogP contribution in [-0.4, -0.2) is 6.04 Å². The van der Waals surface area contributed by atoms with Crippen molar-refractivity contribution in [3.8, 4) is 0 Å². The van der Waals surface area contributed by atoms with Crippen LogP contribution in [0, 0.1) is 5.92 Å². The Labute approximate surface area is 120 Å². The Kier molecular flexibility index (Phi) is 4.94. The van der Waals surface area contributed by atoms with Crippen molar-refractivity contribution < 1.29 is 0 Å². The van der Waals surface area contributed by atoms with Gasteiger partial charge in [0.2, 0.25) is 0 Å². The molecule has 1 N–H and O–H groups in total. The van der Waals surface area contributed by atoms with Crippen LogP contribution in [0.3, 0.4) is 0 Å². The van der Waals surface area contributed by atoms with Gasteiger partial charge in [-0.05, 0) is 44.2 Å². The van der Waals surface area contributed by atoms with Crippen molar-refractivity contribution >= 4 is 23.2 Å². The molecule has 3 heteroatoms. The fourth-order valence-corrected chi connectivity index (χ4v) is 3.40. The summed E-state index contributed by atoms with van der Waals surface area (Å²) in [5, 5.41) is 4.98. The van der Waals surface area contributed by atoms with Crippen molar-refractivity contribution in [1.29, 1.82) is 0 Å². The van der Waals surface area contributed by atoms with Gasteiger partial charge in [-0.3, -0.25) is 0 Å². The maximum atomic E-state index is 6.26. The van der Waals surface area contributed by atoms with Gasteiger partial charge in [-0.25, -0.2) is 0 Å². The zero-order chi connectivity index (χ0) is 13.1. The second kappa shape index (κ2) is 6.27. The third kappa shape index (κ3) is 3.20. The van der Waals surface area contributed by atoms with Gasteiger partial charge in [0, 0.05) is 12.1 Å². The van der Waals surface area contributed by atoms with Gasteiger partial charge in [0.1, 0.15) is 0 Å². The molecule has 1 aliphatic carbocycles. The summed E-state index contributed by atoms with van der Waals surface area (Å²) < 4.78 is 0. The van der Waals surface area contributed by atoms with E-state index >= 15 is 0 Å². The molecule has 1 aromatic rings. The van der Waals surface area contributed by atoms with Crippen LogP contribution >= 0.6 is 23.2 Å². The van der Waals surface area contributed by atoms with Crippen LogP contribution in [0.1, 0.15) is 51.1 Å². The molecule has 18 heavy (non-hydrogen) atoms. The molecule has 0 bridgehead atoms. The van der Waals surface area contributed by atoms with Crippen molar-refractivity contribution in [2.75, 3.05) is 0 Å². The zero-order valence-corrected chi connectivity index (χ0v) is 12.6. The highest BCUT2D eigenvalue weighted by molar-refractivity contribution is 6.42. The van der Waals surface area contributed by atoms with Crippen LogP contribution < -0.4 is 5.32 Å². The third-order valence-corrected chi connectivity index (χ3v) is 4.90.